The third kappa shape index (κ3) is 3.51. The highest BCUT2D eigenvalue weighted by Crippen LogP contribution is 2.25. The number of ether oxygens (including phenoxy) is 1. The highest BCUT2D eigenvalue weighted by Gasteiger charge is 2.19. The Hall–Kier alpha value is -1.47. The molecule has 1 saturated heterocycles. The van der Waals surface area contributed by atoms with Crippen molar-refractivity contribution in [1.82, 2.24) is 5.32 Å². The Balaban J connectivity index is 2.10. The third-order valence-corrected chi connectivity index (χ3v) is 3.63. The van der Waals surface area contributed by atoms with Crippen molar-refractivity contribution in [3.05, 3.63) is 38.3 Å². The molecule has 1 aromatic rings. The van der Waals surface area contributed by atoms with Crippen LogP contribution < -0.4 is 5.32 Å². The fraction of sp³-hybridized carbons (Fsp3) is 0.417. The lowest BCUT2D eigenvalue weighted by molar-refractivity contribution is -0.385. The van der Waals surface area contributed by atoms with Gasteiger partial charge in [-0.1, -0.05) is 0 Å². The number of rotatable bonds is 3. The van der Waals surface area contributed by atoms with E-state index in [9.17, 15) is 14.9 Å². The molecule has 6 nitrogen and oxygen atoms in total. The molecular formula is C12H13BrN2O4. The number of nitrogens with zero attached hydrogens (tertiary/aromatic N) is 1. The molecule has 1 N–H and O–H groups in total. The minimum absolute atomic E-state index is 0.0731. The molecule has 0 saturated carbocycles. The number of carbonyl (C=O) groups excluding carboxylic acids is 1. The number of nitro groups is 1. The molecule has 0 aliphatic carbocycles. The molecule has 1 amide bonds. The van der Waals surface area contributed by atoms with Gasteiger partial charge in [-0.2, -0.15) is 0 Å². The van der Waals surface area contributed by atoms with Crippen molar-refractivity contribution in [1.29, 1.82) is 0 Å². The second kappa shape index (κ2) is 6.12. The third-order valence-electron chi connectivity index (χ3n) is 2.96. The first kappa shape index (κ1) is 14.0. The van der Waals surface area contributed by atoms with Crippen LogP contribution in [0.5, 0.6) is 0 Å². The summed E-state index contributed by atoms with van der Waals surface area (Å²) in [6.45, 7) is 1.26. The molecule has 1 heterocycles. The Kier molecular flexibility index (Phi) is 4.49. The molecule has 0 spiro atoms. The van der Waals surface area contributed by atoms with E-state index in [1.807, 2.05) is 0 Å². The van der Waals surface area contributed by atoms with Crippen molar-refractivity contribution >= 4 is 27.5 Å². The van der Waals surface area contributed by atoms with Gasteiger partial charge in [-0.15, -0.1) is 0 Å². The average Bonchev–Trinajstić information content (AvgIpc) is 2.40. The monoisotopic (exact) mass is 328 g/mol. The van der Waals surface area contributed by atoms with E-state index < -0.39 is 4.92 Å². The van der Waals surface area contributed by atoms with E-state index >= 15 is 0 Å². The average molecular weight is 329 g/mol. The van der Waals surface area contributed by atoms with E-state index in [2.05, 4.69) is 21.2 Å². The quantitative estimate of drug-likeness (QED) is 0.681. The van der Waals surface area contributed by atoms with Gasteiger partial charge in [0.05, 0.1) is 9.40 Å². The Morgan fingerprint density at radius 2 is 2.11 bits per heavy atom. The Morgan fingerprint density at radius 3 is 2.74 bits per heavy atom. The second-order valence-corrected chi connectivity index (χ2v) is 5.14. The summed E-state index contributed by atoms with van der Waals surface area (Å²) in [7, 11) is 0. The van der Waals surface area contributed by atoms with E-state index in [-0.39, 0.29) is 17.6 Å². The Bertz CT molecular complexity index is 501. The molecule has 7 heteroatoms. The summed E-state index contributed by atoms with van der Waals surface area (Å²) >= 11 is 3.09. The molecule has 1 aromatic carbocycles. The van der Waals surface area contributed by atoms with Crippen LogP contribution in [0.2, 0.25) is 0 Å². The highest BCUT2D eigenvalue weighted by molar-refractivity contribution is 9.10. The number of halogens is 1. The first-order chi connectivity index (χ1) is 9.08. The standard InChI is InChI=1S/C12H13BrN2O4/c13-10-2-1-8(7-11(10)15(17)18)12(16)14-9-3-5-19-6-4-9/h1-2,7,9H,3-6H2,(H,14,16). The summed E-state index contributed by atoms with van der Waals surface area (Å²) in [4.78, 5) is 22.3. The van der Waals surface area contributed by atoms with Crippen LogP contribution in [0, 0.1) is 10.1 Å². The molecule has 0 atom stereocenters. The molecule has 0 radical (unpaired) electrons. The first-order valence-corrected chi connectivity index (χ1v) is 6.70. The molecule has 102 valence electrons. The molecular weight excluding hydrogens is 316 g/mol. The van der Waals surface area contributed by atoms with Gasteiger partial charge in [-0.3, -0.25) is 14.9 Å². The number of benzene rings is 1. The van der Waals surface area contributed by atoms with Crippen LogP contribution in [-0.4, -0.2) is 30.1 Å². The van der Waals surface area contributed by atoms with Crippen molar-refractivity contribution in [2.24, 2.45) is 0 Å². The van der Waals surface area contributed by atoms with Gasteiger partial charge in [0.2, 0.25) is 0 Å². The first-order valence-electron chi connectivity index (χ1n) is 5.90. The molecule has 1 aliphatic heterocycles. The molecule has 1 fully saturated rings. The lowest BCUT2D eigenvalue weighted by Gasteiger charge is -2.23. The summed E-state index contributed by atoms with van der Waals surface area (Å²) in [5.74, 6) is -0.289. The number of hydrogen-bond donors (Lipinski definition) is 1. The second-order valence-electron chi connectivity index (χ2n) is 4.28. The lowest BCUT2D eigenvalue weighted by Crippen LogP contribution is -2.38. The fourth-order valence-electron chi connectivity index (χ4n) is 1.90. The largest absolute Gasteiger partial charge is 0.381 e. The maximum Gasteiger partial charge on any atom is 0.284 e. The van der Waals surface area contributed by atoms with Crippen molar-refractivity contribution in [3.63, 3.8) is 0 Å². The van der Waals surface area contributed by atoms with Crippen molar-refractivity contribution in [3.8, 4) is 0 Å². The van der Waals surface area contributed by atoms with Gasteiger partial charge in [-0.05, 0) is 40.9 Å². The summed E-state index contributed by atoms with van der Waals surface area (Å²) in [5.41, 5.74) is 0.181. The zero-order valence-corrected chi connectivity index (χ0v) is 11.7. The van der Waals surface area contributed by atoms with Crippen LogP contribution in [0.15, 0.2) is 22.7 Å². The zero-order valence-electron chi connectivity index (χ0n) is 10.1. The number of hydrogen-bond acceptors (Lipinski definition) is 4. The summed E-state index contributed by atoms with van der Waals surface area (Å²) in [6.07, 6.45) is 1.54. The van der Waals surface area contributed by atoms with Crippen LogP contribution in [-0.2, 0) is 4.74 Å². The van der Waals surface area contributed by atoms with Gasteiger partial charge in [0.1, 0.15) is 0 Å². The fourth-order valence-corrected chi connectivity index (χ4v) is 2.30. The van der Waals surface area contributed by atoms with Crippen LogP contribution >= 0.6 is 15.9 Å². The van der Waals surface area contributed by atoms with E-state index in [4.69, 9.17) is 4.74 Å². The Morgan fingerprint density at radius 1 is 1.42 bits per heavy atom. The summed E-state index contributed by atoms with van der Waals surface area (Å²) in [5, 5.41) is 13.7. The summed E-state index contributed by atoms with van der Waals surface area (Å²) in [6, 6.07) is 4.42. The molecule has 0 bridgehead atoms. The maximum atomic E-state index is 12.0. The molecule has 0 unspecified atom stereocenters. The van der Waals surface area contributed by atoms with E-state index in [1.54, 1.807) is 6.07 Å². The minimum Gasteiger partial charge on any atom is -0.381 e. The molecule has 1 aliphatic rings. The molecule has 0 aromatic heterocycles. The summed E-state index contributed by atoms with van der Waals surface area (Å²) < 4.78 is 5.57. The van der Waals surface area contributed by atoms with E-state index in [0.717, 1.165) is 12.8 Å². The van der Waals surface area contributed by atoms with Gasteiger partial charge in [0.15, 0.2) is 0 Å². The van der Waals surface area contributed by atoms with Crippen molar-refractivity contribution < 1.29 is 14.5 Å². The van der Waals surface area contributed by atoms with Gasteiger partial charge in [0, 0.05) is 30.9 Å². The molecule has 2 rings (SSSR count). The number of nitro benzene ring substituents is 1. The Labute approximate surface area is 118 Å². The van der Waals surface area contributed by atoms with E-state index in [0.29, 0.717) is 23.2 Å². The van der Waals surface area contributed by atoms with Crippen LogP contribution in [0.1, 0.15) is 23.2 Å². The van der Waals surface area contributed by atoms with E-state index in [1.165, 1.54) is 12.1 Å². The SMILES string of the molecule is O=C(NC1CCOCC1)c1ccc(Br)c([N+](=O)[O-])c1. The van der Waals surface area contributed by atoms with Gasteiger partial charge in [-0.25, -0.2) is 0 Å². The predicted octanol–water partition coefficient (Wildman–Crippen LogP) is 2.27. The van der Waals surface area contributed by atoms with Crippen LogP contribution in [0.3, 0.4) is 0 Å². The maximum absolute atomic E-state index is 12.0. The van der Waals surface area contributed by atoms with Gasteiger partial charge >= 0.3 is 0 Å². The zero-order chi connectivity index (χ0) is 13.8. The smallest absolute Gasteiger partial charge is 0.284 e. The predicted molar refractivity (Wildman–Crippen MR) is 72.1 cm³/mol. The van der Waals surface area contributed by atoms with Gasteiger partial charge in [0.25, 0.3) is 11.6 Å². The highest BCUT2D eigenvalue weighted by atomic mass is 79.9. The number of nitrogens with one attached hydrogen (secondary N) is 1. The van der Waals surface area contributed by atoms with Crippen molar-refractivity contribution in [2.75, 3.05) is 13.2 Å². The number of amides is 1. The number of carbonyl (C=O) groups is 1. The van der Waals surface area contributed by atoms with Crippen molar-refractivity contribution in [2.45, 2.75) is 18.9 Å². The topological polar surface area (TPSA) is 81.5 Å². The minimum atomic E-state index is -0.519. The van der Waals surface area contributed by atoms with Crippen LogP contribution in [0.4, 0.5) is 5.69 Å². The lowest BCUT2D eigenvalue weighted by atomic mass is 10.1. The van der Waals surface area contributed by atoms with Crippen LogP contribution in [0.25, 0.3) is 0 Å². The molecule has 19 heavy (non-hydrogen) atoms. The normalized spacial score (nSPS) is 16.1. The van der Waals surface area contributed by atoms with Gasteiger partial charge < -0.3 is 10.1 Å².